The average molecular weight is 178 g/mol. The van der Waals surface area contributed by atoms with Crippen molar-refractivity contribution in [1.82, 2.24) is 5.32 Å². The highest BCUT2D eigenvalue weighted by Crippen LogP contribution is 1.58. The summed E-state index contributed by atoms with van der Waals surface area (Å²) in [5.41, 5.74) is 13.0. The number of nitrogens with one attached hydrogen (secondary N) is 1. The summed E-state index contributed by atoms with van der Waals surface area (Å²) >= 11 is 0. The molecule has 0 aromatic heterocycles. The van der Waals surface area contributed by atoms with Gasteiger partial charge in [0.05, 0.1) is 0 Å². The molecule has 0 unspecified atom stereocenters. The van der Waals surface area contributed by atoms with Crippen molar-refractivity contribution in [2.75, 3.05) is 6.61 Å². The number of rotatable bonds is 1. The second kappa shape index (κ2) is 7.28. The van der Waals surface area contributed by atoms with Crippen LogP contribution in [0.4, 0.5) is 9.59 Å². The molecule has 0 saturated heterocycles. The normalized spacial score (nSPS) is 7.42. The summed E-state index contributed by atoms with van der Waals surface area (Å²) in [6.07, 6.45) is 0. The fraction of sp³-hybridized carbons (Fsp3) is 0.250. The molecule has 0 radical (unpaired) electrons. The van der Waals surface area contributed by atoms with E-state index in [1.54, 1.807) is 5.32 Å². The molecule has 0 aromatic rings. The summed E-state index contributed by atoms with van der Waals surface area (Å²) in [7, 11) is 0. The van der Waals surface area contributed by atoms with Crippen molar-refractivity contribution in [2.24, 2.45) is 17.2 Å². The van der Waals surface area contributed by atoms with Crippen LogP contribution < -0.4 is 22.5 Å². The molecule has 0 atom stereocenters. The summed E-state index contributed by atoms with van der Waals surface area (Å²) in [5.74, 6) is -0.794. The van der Waals surface area contributed by atoms with E-state index in [4.69, 9.17) is 9.90 Å². The molecule has 0 bridgehead atoms. The molecule has 0 rings (SSSR count). The van der Waals surface area contributed by atoms with E-state index >= 15 is 0 Å². The molecule has 0 saturated carbocycles. The molecule has 0 aliphatic rings. The molecular weight excluding hydrogens is 168 g/mol. The summed E-state index contributed by atoms with van der Waals surface area (Å²) in [4.78, 5) is 28.7. The van der Waals surface area contributed by atoms with Crippen LogP contribution in [0.2, 0.25) is 0 Å². The van der Waals surface area contributed by atoms with Crippen LogP contribution in [-0.4, -0.2) is 29.7 Å². The summed E-state index contributed by atoms with van der Waals surface area (Å²) in [5, 5.41) is 9.61. The van der Waals surface area contributed by atoms with Crippen LogP contribution in [0.25, 0.3) is 0 Å². The number of imide groups is 1. The van der Waals surface area contributed by atoms with Gasteiger partial charge in [-0.05, 0) is 0 Å². The largest absolute Gasteiger partial charge is 0.387 e. The van der Waals surface area contributed by atoms with Gasteiger partial charge in [0.1, 0.15) is 6.61 Å². The van der Waals surface area contributed by atoms with E-state index in [1.807, 2.05) is 0 Å². The first-order chi connectivity index (χ1) is 5.40. The molecule has 12 heavy (non-hydrogen) atoms. The topological polar surface area (TPSA) is 162 Å². The van der Waals surface area contributed by atoms with E-state index in [9.17, 15) is 9.59 Å². The van der Waals surface area contributed by atoms with E-state index < -0.39 is 24.6 Å². The Balaban J connectivity index is 0. The molecule has 0 aliphatic carbocycles. The minimum atomic E-state index is -0.955. The predicted octanol–water partition coefficient (Wildman–Crippen LogP) is -2.80. The number of carbonyl (C=O) groups excluding carboxylic acids is 3. The molecule has 70 valence electrons. The number of hydrogen-bond acceptors (Lipinski definition) is 4. The predicted molar refractivity (Wildman–Crippen MR) is 38.6 cm³/mol. The Bertz CT molecular complexity index is 176. The summed E-state index contributed by atoms with van der Waals surface area (Å²) < 4.78 is 0. The number of aliphatic hydroxyl groups is 1. The number of amides is 5. The van der Waals surface area contributed by atoms with Crippen molar-refractivity contribution in [3.05, 3.63) is 0 Å². The van der Waals surface area contributed by atoms with Crippen LogP contribution in [0.1, 0.15) is 0 Å². The van der Waals surface area contributed by atoms with Gasteiger partial charge in [0, 0.05) is 0 Å². The molecule has 5 amide bonds. The SMILES string of the molecule is NC(=O)NC(=O)CO.NC(N)=O. The maximum atomic E-state index is 9.96. The van der Waals surface area contributed by atoms with Crippen LogP contribution in [0.3, 0.4) is 0 Å². The lowest BCUT2D eigenvalue weighted by Gasteiger charge is -1.92. The van der Waals surface area contributed by atoms with E-state index in [0.29, 0.717) is 0 Å². The second-order valence-corrected chi connectivity index (χ2v) is 1.47. The van der Waals surface area contributed by atoms with Gasteiger partial charge < -0.3 is 22.3 Å². The third-order valence-electron chi connectivity index (χ3n) is 0.406. The summed E-state index contributed by atoms with van der Waals surface area (Å²) in [6, 6.07) is -1.79. The summed E-state index contributed by atoms with van der Waals surface area (Å²) in [6.45, 7) is -0.719. The quantitative estimate of drug-likeness (QED) is 0.293. The van der Waals surface area contributed by atoms with E-state index in [0.717, 1.165) is 0 Å². The highest BCUT2D eigenvalue weighted by Gasteiger charge is 1.98. The van der Waals surface area contributed by atoms with Gasteiger partial charge in [-0.15, -0.1) is 0 Å². The van der Waals surface area contributed by atoms with Crippen molar-refractivity contribution in [1.29, 1.82) is 0 Å². The van der Waals surface area contributed by atoms with Gasteiger partial charge in [0.25, 0.3) is 5.91 Å². The van der Waals surface area contributed by atoms with Crippen LogP contribution in [0.5, 0.6) is 0 Å². The van der Waals surface area contributed by atoms with Crippen molar-refractivity contribution in [3.63, 3.8) is 0 Å². The van der Waals surface area contributed by atoms with Crippen molar-refractivity contribution in [3.8, 4) is 0 Å². The third-order valence-corrected chi connectivity index (χ3v) is 0.406. The van der Waals surface area contributed by atoms with Crippen molar-refractivity contribution in [2.45, 2.75) is 0 Å². The number of nitrogens with two attached hydrogens (primary N) is 3. The zero-order valence-corrected chi connectivity index (χ0v) is 6.11. The first-order valence-electron chi connectivity index (χ1n) is 2.65. The molecule has 8 heteroatoms. The molecule has 0 fully saturated rings. The standard InChI is InChI=1S/C3H6N2O3.CH4N2O/c4-3(8)5-2(7)1-6;2-1(3)4/h6H,1H2,(H3,4,5,7,8);(H4,2,3,4). The lowest BCUT2D eigenvalue weighted by atomic mass is 10.6. The minimum absolute atomic E-state index is 0.719. The fourth-order valence-electron chi connectivity index (χ4n) is 0.177. The van der Waals surface area contributed by atoms with E-state index in [2.05, 4.69) is 17.2 Å². The van der Waals surface area contributed by atoms with E-state index in [-0.39, 0.29) is 0 Å². The lowest BCUT2D eigenvalue weighted by molar-refractivity contribution is -0.122. The number of aliphatic hydroxyl groups excluding tert-OH is 1. The molecular formula is C4H10N4O4. The van der Waals surface area contributed by atoms with Gasteiger partial charge >= 0.3 is 12.1 Å². The first-order valence-corrected chi connectivity index (χ1v) is 2.65. The number of hydrogen-bond donors (Lipinski definition) is 5. The van der Waals surface area contributed by atoms with Gasteiger partial charge in [-0.2, -0.15) is 0 Å². The number of carbonyl (C=O) groups is 3. The van der Waals surface area contributed by atoms with Crippen LogP contribution >= 0.6 is 0 Å². The third kappa shape index (κ3) is 24.2. The van der Waals surface area contributed by atoms with Gasteiger partial charge in [0.2, 0.25) is 0 Å². The van der Waals surface area contributed by atoms with Gasteiger partial charge in [0.15, 0.2) is 0 Å². The second-order valence-electron chi connectivity index (χ2n) is 1.47. The van der Waals surface area contributed by atoms with E-state index in [1.165, 1.54) is 0 Å². The number of urea groups is 2. The molecule has 0 aliphatic heterocycles. The molecule has 0 spiro atoms. The zero-order valence-electron chi connectivity index (χ0n) is 6.11. The van der Waals surface area contributed by atoms with Crippen LogP contribution in [0.15, 0.2) is 0 Å². The van der Waals surface area contributed by atoms with Gasteiger partial charge in [-0.25, -0.2) is 9.59 Å². The van der Waals surface area contributed by atoms with Crippen molar-refractivity contribution >= 4 is 18.0 Å². The smallest absolute Gasteiger partial charge is 0.318 e. The Kier molecular flexibility index (Phi) is 7.77. The van der Waals surface area contributed by atoms with Gasteiger partial charge in [-0.3, -0.25) is 10.1 Å². The maximum Gasteiger partial charge on any atom is 0.318 e. The Morgan fingerprint density at radius 3 is 1.58 bits per heavy atom. The molecule has 8 nitrogen and oxygen atoms in total. The fourth-order valence-corrected chi connectivity index (χ4v) is 0.177. The average Bonchev–Trinajstić information content (AvgIpc) is 1.84. The molecule has 0 aromatic carbocycles. The monoisotopic (exact) mass is 178 g/mol. The number of primary amides is 3. The highest BCUT2D eigenvalue weighted by atomic mass is 16.3. The Morgan fingerprint density at radius 2 is 1.50 bits per heavy atom. The highest BCUT2D eigenvalue weighted by molar-refractivity contribution is 5.93. The van der Waals surface area contributed by atoms with Gasteiger partial charge in [-0.1, -0.05) is 0 Å². The lowest BCUT2D eigenvalue weighted by Crippen LogP contribution is -2.36. The Labute approximate surface area is 67.7 Å². The van der Waals surface area contributed by atoms with Crippen LogP contribution in [-0.2, 0) is 4.79 Å². The first kappa shape index (κ1) is 12.8. The zero-order chi connectivity index (χ0) is 10.1. The minimum Gasteiger partial charge on any atom is -0.387 e. The van der Waals surface area contributed by atoms with Crippen LogP contribution in [0, 0.1) is 0 Å². The molecule has 0 heterocycles. The Hall–Kier alpha value is -1.83. The van der Waals surface area contributed by atoms with Crippen molar-refractivity contribution < 1.29 is 19.5 Å². The maximum absolute atomic E-state index is 9.96. The Morgan fingerprint density at radius 1 is 1.17 bits per heavy atom. The molecule has 8 N–H and O–H groups in total.